The van der Waals surface area contributed by atoms with Crippen LogP contribution in [0.1, 0.15) is 32.9 Å². The van der Waals surface area contributed by atoms with E-state index >= 15 is 0 Å². The standard InChI is InChI=1S/C14H23N3O2S/c1-9-7-17(4)6-5-10(9)15-13-16-11(8-20-13)14(2,3)12(18)19/h8-10H,5-7H2,1-4H3,(H,15,16)(H,18,19). The third-order valence-electron chi connectivity index (χ3n) is 4.10. The SMILES string of the molecule is CC1CN(C)CCC1Nc1nc(C(C)(C)C(=O)O)cs1. The summed E-state index contributed by atoms with van der Waals surface area (Å²) in [5, 5.41) is 15.4. The zero-order valence-electron chi connectivity index (χ0n) is 12.5. The van der Waals surface area contributed by atoms with Crippen molar-refractivity contribution in [3.63, 3.8) is 0 Å². The number of carboxylic acids is 1. The first kappa shape index (κ1) is 15.3. The lowest BCUT2D eigenvalue weighted by atomic mass is 9.90. The number of rotatable bonds is 4. The van der Waals surface area contributed by atoms with Gasteiger partial charge >= 0.3 is 5.97 Å². The molecule has 0 radical (unpaired) electrons. The van der Waals surface area contributed by atoms with Crippen molar-refractivity contribution in [1.82, 2.24) is 9.88 Å². The maximum absolute atomic E-state index is 11.2. The second-order valence-corrected chi connectivity index (χ2v) is 7.11. The van der Waals surface area contributed by atoms with Crippen LogP contribution in [0.15, 0.2) is 5.38 Å². The fourth-order valence-electron chi connectivity index (χ4n) is 2.46. The average molecular weight is 297 g/mol. The number of nitrogens with zero attached hydrogens (tertiary/aromatic N) is 2. The molecule has 112 valence electrons. The van der Waals surface area contributed by atoms with E-state index in [2.05, 4.69) is 29.2 Å². The second kappa shape index (κ2) is 5.69. The van der Waals surface area contributed by atoms with Gasteiger partial charge in [-0.25, -0.2) is 4.98 Å². The molecule has 2 N–H and O–H groups in total. The minimum atomic E-state index is -0.936. The van der Waals surface area contributed by atoms with Gasteiger partial charge in [-0.1, -0.05) is 6.92 Å². The predicted octanol–water partition coefficient (Wildman–Crippen LogP) is 2.26. The van der Waals surface area contributed by atoms with Gasteiger partial charge in [-0.05, 0) is 39.8 Å². The number of likely N-dealkylation sites (tertiary alicyclic amines) is 1. The topological polar surface area (TPSA) is 65.5 Å². The summed E-state index contributed by atoms with van der Waals surface area (Å²) in [6.07, 6.45) is 1.09. The number of aliphatic carboxylic acids is 1. The molecule has 6 heteroatoms. The van der Waals surface area contributed by atoms with E-state index in [1.54, 1.807) is 13.8 Å². The van der Waals surface area contributed by atoms with Crippen LogP contribution in [0.4, 0.5) is 5.13 Å². The highest BCUT2D eigenvalue weighted by atomic mass is 32.1. The normalized spacial score (nSPS) is 24.6. The molecular formula is C14H23N3O2S. The lowest BCUT2D eigenvalue weighted by Crippen LogP contribution is -2.43. The van der Waals surface area contributed by atoms with Crippen LogP contribution >= 0.6 is 11.3 Å². The molecule has 2 atom stereocenters. The highest BCUT2D eigenvalue weighted by Gasteiger charge is 2.32. The Kier molecular flexibility index (Phi) is 4.34. The summed E-state index contributed by atoms with van der Waals surface area (Å²) in [6, 6.07) is 0.415. The van der Waals surface area contributed by atoms with E-state index in [9.17, 15) is 9.90 Å². The van der Waals surface area contributed by atoms with Gasteiger partial charge in [0.05, 0.1) is 5.69 Å². The Morgan fingerprint density at radius 2 is 2.30 bits per heavy atom. The molecule has 20 heavy (non-hydrogen) atoms. The maximum atomic E-state index is 11.2. The average Bonchev–Trinajstić information content (AvgIpc) is 2.81. The fourth-order valence-corrected chi connectivity index (χ4v) is 3.40. The van der Waals surface area contributed by atoms with Gasteiger partial charge < -0.3 is 15.3 Å². The van der Waals surface area contributed by atoms with Gasteiger partial charge in [0, 0.05) is 18.0 Å². The van der Waals surface area contributed by atoms with Crippen LogP contribution in [0, 0.1) is 5.92 Å². The zero-order valence-corrected chi connectivity index (χ0v) is 13.3. The number of hydrogen-bond acceptors (Lipinski definition) is 5. The number of piperidine rings is 1. The summed E-state index contributed by atoms with van der Waals surface area (Å²) in [5.41, 5.74) is -0.312. The van der Waals surface area contributed by atoms with Crippen LogP contribution < -0.4 is 5.32 Å². The number of carboxylic acid groups (broad SMARTS) is 1. The van der Waals surface area contributed by atoms with Gasteiger partial charge in [0.2, 0.25) is 0 Å². The third kappa shape index (κ3) is 3.12. The molecule has 1 aromatic heterocycles. The van der Waals surface area contributed by atoms with Crippen LogP contribution in [0.3, 0.4) is 0 Å². The minimum Gasteiger partial charge on any atom is -0.481 e. The molecule has 0 bridgehead atoms. The third-order valence-corrected chi connectivity index (χ3v) is 4.87. The van der Waals surface area contributed by atoms with Crippen molar-refractivity contribution in [2.75, 3.05) is 25.5 Å². The first-order valence-electron chi connectivity index (χ1n) is 6.95. The number of carbonyl (C=O) groups is 1. The van der Waals surface area contributed by atoms with Gasteiger partial charge in [0.15, 0.2) is 5.13 Å². The maximum Gasteiger partial charge on any atom is 0.315 e. The van der Waals surface area contributed by atoms with E-state index in [0.717, 1.165) is 24.6 Å². The molecule has 5 nitrogen and oxygen atoms in total. The van der Waals surface area contributed by atoms with E-state index in [4.69, 9.17) is 0 Å². The molecule has 0 aliphatic carbocycles. The van der Waals surface area contributed by atoms with E-state index in [0.29, 0.717) is 17.7 Å². The number of anilines is 1. The second-order valence-electron chi connectivity index (χ2n) is 6.25. The summed E-state index contributed by atoms with van der Waals surface area (Å²) in [7, 11) is 2.14. The van der Waals surface area contributed by atoms with Crippen molar-refractivity contribution in [2.45, 2.75) is 38.6 Å². The molecule has 1 fully saturated rings. The predicted molar refractivity (Wildman–Crippen MR) is 81.5 cm³/mol. The van der Waals surface area contributed by atoms with Crippen molar-refractivity contribution in [2.24, 2.45) is 5.92 Å². The highest BCUT2D eigenvalue weighted by molar-refractivity contribution is 7.13. The lowest BCUT2D eigenvalue weighted by Gasteiger charge is -2.35. The Balaban J connectivity index is 2.05. The molecule has 0 spiro atoms. The summed E-state index contributed by atoms with van der Waals surface area (Å²) in [4.78, 5) is 18.0. The Hall–Kier alpha value is -1.14. The summed E-state index contributed by atoms with van der Waals surface area (Å²) >= 11 is 1.49. The number of nitrogens with one attached hydrogen (secondary N) is 1. The molecule has 0 amide bonds. The molecule has 1 saturated heterocycles. The van der Waals surface area contributed by atoms with Crippen molar-refractivity contribution < 1.29 is 9.90 Å². The highest BCUT2D eigenvalue weighted by Crippen LogP contribution is 2.29. The molecule has 0 saturated carbocycles. The van der Waals surface area contributed by atoms with Crippen molar-refractivity contribution >= 4 is 22.4 Å². The van der Waals surface area contributed by atoms with Gasteiger partial charge in [0.25, 0.3) is 0 Å². The minimum absolute atomic E-state index is 0.415. The number of thiazole rings is 1. The van der Waals surface area contributed by atoms with Crippen LogP contribution in [0.2, 0.25) is 0 Å². The summed E-state index contributed by atoms with van der Waals surface area (Å²) in [6.45, 7) is 7.78. The van der Waals surface area contributed by atoms with E-state index in [1.165, 1.54) is 11.3 Å². The first-order valence-corrected chi connectivity index (χ1v) is 7.83. The molecule has 2 unspecified atom stereocenters. The van der Waals surface area contributed by atoms with Crippen molar-refractivity contribution in [3.8, 4) is 0 Å². The van der Waals surface area contributed by atoms with Crippen LogP contribution in [0.25, 0.3) is 0 Å². The zero-order chi connectivity index (χ0) is 14.9. The van der Waals surface area contributed by atoms with Crippen LogP contribution in [-0.4, -0.2) is 47.1 Å². The quantitative estimate of drug-likeness (QED) is 0.892. The lowest BCUT2D eigenvalue weighted by molar-refractivity contribution is -0.142. The molecule has 0 aromatic carbocycles. The van der Waals surface area contributed by atoms with E-state index in [-0.39, 0.29) is 0 Å². The Bertz CT molecular complexity index is 487. The van der Waals surface area contributed by atoms with E-state index in [1.807, 2.05) is 5.38 Å². The van der Waals surface area contributed by atoms with Crippen molar-refractivity contribution in [1.29, 1.82) is 0 Å². The monoisotopic (exact) mass is 297 g/mol. The van der Waals surface area contributed by atoms with Crippen LogP contribution in [0.5, 0.6) is 0 Å². The number of aromatic nitrogens is 1. The van der Waals surface area contributed by atoms with Gasteiger partial charge in [0.1, 0.15) is 5.41 Å². The van der Waals surface area contributed by atoms with Crippen LogP contribution in [-0.2, 0) is 10.2 Å². The molecule has 2 heterocycles. The van der Waals surface area contributed by atoms with Gasteiger partial charge in [-0.15, -0.1) is 11.3 Å². The smallest absolute Gasteiger partial charge is 0.315 e. The Labute approximate surface area is 124 Å². The molecule has 2 rings (SSSR count). The molecular weight excluding hydrogens is 274 g/mol. The molecule has 1 aliphatic heterocycles. The van der Waals surface area contributed by atoms with Crippen molar-refractivity contribution in [3.05, 3.63) is 11.1 Å². The first-order chi connectivity index (χ1) is 9.30. The van der Waals surface area contributed by atoms with Gasteiger partial charge in [-0.3, -0.25) is 4.79 Å². The summed E-state index contributed by atoms with van der Waals surface area (Å²) in [5.74, 6) is -0.282. The summed E-state index contributed by atoms with van der Waals surface area (Å²) < 4.78 is 0. The molecule has 1 aliphatic rings. The largest absolute Gasteiger partial charge is 0.481 e. The number of hydrogen-bond donors (Lipinski definition) is 2. The van der Waals surface area contributed by atoms with E-state index < -0.39 is 11.4 Å². The Morgan fingerprint density at radius 3 is 2.90 bits per heavy atom. The molecule has 1 aromatic rings. The van der Waals surface area contributed by atoms with Gasteiger partial charge in [-0.2, -0.15) is 0 Å². The fraction of sp³-hybridized carbons (Fsp3) is 0.714. The Morgan fingerprint density at radius 1 is 1.60 bits per heavy atom.